The highest BCUT2D eigenvalue weighted by Gasteiger charge is 2.20. The van der Waals surface area contributed by atoms with E-state index in [2.05, 4.69) is 0 Å². The van der Waals surface area contributed by atoms with Crippen LogP contribution in [0.1, 0.15) is 28.8 Å². The number of ketones is 1. The fourth-order valence-corrected chi connectivity index (χ4v) is 1.79. The second-order valence-electron chi connectivity index (χ2n) is 3.71. The van der Waals surface area contributed by atoms with E-state index < -0.39 is 5.97 Å². The summed E-state index contributed by atoms with van der Waals surface area (Å²) in [4.78, 5) is 22.1. The second-order valence-corrected chi connectivity index (χ2v) is 3.71. The summed E-state index contributed by atoms with van der Waals surface area (Å²) in [6.45, 7) is 0.385. The van der Waals surface area contributed by atoms with Crippen LogP contribution in [0.4, 0.5) is 0 Å². The molecule has 1 aliphatic heterocycles. The van der Waals surface area contributed by atoms with E-state index in [1.54, 1.807) is 18.2 Å². The minimum atomic E-state index is -0.847. The summed E-state index contributed by atoms with van der Waals surface area (Å²) in [7, 11) is 0. The Hall–Kier alpha value is -1.84. The number of aliphatic carboxylic acids is 1. The Morgan fingerprint density at radius 1 is 1.44 bits per heavy atom. The van der Waals surface area contributed by atoms with E-state index in [4.69, 9.17) is 9.84 Å². The van der Waals surface area contributed by atoms with E-state index >= 15 is 0 Å². The number of ether oxygens (including phenoxy) is 1. The molecule has 1 N–H and O–H groups in total. The molecule has 0 spiro atoms. The molecule has 4 heteroatoms. The number of benzene rings is 1. The lowest BCUT2D eigenvalue weighted by Gasteiger charge is -2.19. The zero-order valence-corrected chi connectivity index (χ0v) is 8.73. The summed E-state index contributed by atoms with van der Waals surface area (Å²) in [5.41, 5.74) is 1.38. The lowest BCUT2D eigenvalue weighted by Crippen LogP contribution is -2.16. The number of carboxylic acid groups (broad SMARTS) is 1. The summed E-state index contributed by atoms with van der Waals surface area (Å²) < 4.78 is 5.44. The van der Waals surface area contributed by atoms with Crippen molar-refractivity contribution in [2.75, 3.05) is 6.61 Å². The number of hydrogen-bond donors (Lipinski definition) is 1. The molecule has 2 rings (SSSR count). The Morgan fingerprint density at radius 2 is 2.25 bits per heavy atom. The van der Waals surface area contributed by atoms with E-state index in [0.29, 0.717) is 30.8 Å². The highest BCUT2D eigenvalue weighted by molar-refractivity contribution is 6.00. The second kappa shape index (κ2) is 4.35. The molecule has 0 aromatic heterocycles. The maximum absolute atomic E-state index is 11.6. The van der Waals surface area contributed by atoms with Gasteiger partial charge in [0.1, 0.15) is 5.75 Å². The largest absolute Gasteiger partial charge is 0.492 e. The van der Waals surface area contributed by atoms with Gasteiger partial charge < -0.3 is 9.84 Å². The van der Waals surface area contributed by atoms with Gasteiger partial charge in [0.05, 0.1) is 12.2 Å². The van der Waals surface area contributed by atoms with Gasteiger partial charge in [-0.3, -0.25) is 9.59 Å². The maximum Gasteiger partial charge on any atom is 0.303 e. The predicted molar refractivity (Wildman–Crippen MR) is 56.8 cm³/mol. The first-order valence-electron chi connectivity index (χ1n) is 5.18. The minimum absolute atomic E-state index is 0.0496. The highest BCUT2D eigenvalue weighted by Crippen LogP contribution is 2.29. The Bertz CT molecular complexity index is 437. The Kier molecular flexibility index (Phi) is 2.90. The molecule has 1 aromatic rings. The number of hydrogen-bond acceptors (Lipinski definition) is 3. The van der Waals surface area contributed by atoms with Gasteiger partial charge >= 0.3 is 5.97 Å². The molecule has 0 amide bonds. The van der Waals surface area contributed by atoms with Crippen molar-refractivity contribution in [3.8, 4) is 5.75 Å². The molecular weight excluding hydrogens is 208 g/mol. The summed E-state index contributed by atoms with van der Waals surface area (Å²) in [6.07, 6.45) is 0.842. The lowest BCUT2D eigenvalue weighted by molar-refractivity contribution is -0.136. The van der Waals surface area contributed by atoms with Gasteiger partial charge in [0, 0.05) is 12.8 Å². The van der Waals surface area contributed by atoms with Gasteiger partial charge in [-0.15, -0.1) is 0 Å². The molecule has 16 heavy (non-hydrogen) atoms. The van der Waals surface area contributed by atoms with E-state index in [1.807, 2.05) is 0 Å². The molecule has 0 unspecified atom stereocenters. The number of aryl methyl sites for hydroxylation is 1. The highest BCUT2D eigenvalue weighted by atomic mass is 16.5. The average Bonchev–Trinajstić information content (AvgIpc) is 2.27. The molecule has 4 nitrogen and oxygen atoms in total. The Labute approximate surface area is 92.8 Å². The monoisotopic (exact) mass is 220 g/mol. The molecule has 1 aliphatic rings. The molecule has 0 atom stereocenters. The molecule has 84 valence electrons. The van der Waals surface area contributed by atoms with Crippen LogP contribution in [0.5, 0.6) is 5.75 Å². The first kappa shape index (κ1) is 10.7. The van der Waals surface area contributed by atoms with Crippen molar-refractivity contribution in [2.45, 2.75) is 19.3 Å². The third-order valence-electron chi connectivity index (χ3n) is 2.58. The Balaban J connectivity index is 2.29. The predicted octanol–water partition coefficient (Wildman–Crippen LogP) is 1.67. The molecule has 0 aliphatic carbocycles. The Morgan fingerprint density at radius 3 is 3.00 bits per heavy atom. The first-order valence-corrected chi connectivity index (χ1v) is 5.18. The minimum Gasteiger partial charge on any atom is -0.492 e. The smallest absolute Gasteiger partial charge is 0.303 e. The number of carbonyl (C=O) groups is 2. The van der Waals surface area contributed by atoms with Gasteiger partial charge in [-0.05, 0) is 18.1 Å². The van der Waals surface area contributed by atoms with Crippen LogP contribution in [0.3, 0.4) is 0 Å². The third-order valence-corrected chi connectivity index (χ3v) is 2.58. The standard InChI is InChI=1S/C12H12O4/c13-10-6-7-16-12-8(4-5-11(14)15)2-1-3-9(10)12/h1-3H,4-7H2,(H,14,15). The zero-order valence-electron chi connectivity index (χ0n) is 8.73. The molecule has 0 radical (unpaired) electrons. The fourth-order valence-electron chi connectivity index (χ4n) is 1.79. The topological polar surface area (TPSA) is 63.6 Å². The summed E-state index contributed by atoms with van der Waals surface area (Å²) in [5.74, 6) is -0.210. The SMILES string of the molecule is O=C(O)CCc1cccc2c1OCCC2=O. The van der Waals surface area contributed by atoms with Crippen molar-refractivity contribution >= 4 is 11.8 Å². The van der Waals surface area contributed by atoms with E-state index in [9.17, 15) is 9.59 Å². The van der Waals surface area contributed by atoms with Gasteiger partial charge in [0.2, 0.25) is 0 Å². The number of carboxylic acids is 1. The van der Waals surface area contributed by atoms with Gasteiger partial charge in [-0.25, -0.2) is 0 Å². The van der Waals surface area contributed by atoms with Gasteiger partial charge in [0.15, 0.2) is 5.78 Å². The molecule has 0 saturated carbocycles. The van der Waals surface area contributed by atoms with Crippen LogP contribution < -0.4 is 4.74 Å². The molecule has 0 fully saturated rings. The van der Waals surface area contributed by atoms with Crippen molar-refractivity contribution in [1.29, 1.82) is 0 Å². The average molecular weight is 220 g/mol. The van der Waals surface area contributed by atoms with Crippen molar-refractivity contribution in [2.24, 2.45) is 0 Å². The number of rotatable bonds is 3. The number of Topliss-reactive ketones (excluding diaryl/α,β-unsaturated/α-hetero) is 1. The van der Waals surface area contributed by atoms with Crippen molar-refractivity contribution in [1.82, 2.24) is 0 Å². The van der Waals surface area contributed by atoms with Crippen LogP contribution in [-0.4, -0.2) is 23.5 Å². The van der Waals surface area contributed by atoms with Crippen LogP contribution in [-0.2, 0) is 11.2 Å². The van der Waals surface area contributed by atoms with Crippen LogP contribution in [0, 0.1) is 0 Å². The van der Waals surface area contributed by atoms with E-state index in [1.165, 1.54) is 0 Å². The molecule has 0 saturated heterocycles. The fraction of sp³-hybridized carbons (Fsp3) is 0.333. The quantitative estimate of drug-likeness (QED) is 0.841. The molecule has 1 aromatic carbocycles. The van der Waals surface area contributed by atoms with Crippen molar-refractivity contribution < 1.29 is 19.4 Å². The van der Waals surface area contributed by atoms with Crippen molar-refractivity contribution in [3.63, 3.8) is 0 Å². The normalized spacial score (nSPS) is 14.1. The van der Waals surface area contributed by atoms with Gasteiger partial charge in [-0.1, -0.05) is 12.1 Å². The molecular formula is C12H12O4. The lowest BCUT2D eigenvalue weighted by atomic mass is 9.99. The molecule has 0 bridgehead atoms. The van der Waals surface area contributed by atoms with E-state index in [0.717, 1.165) is 5.56 Å². The summed E-state index contributed by atoms with van der Waals surface area (Å²) in [5, 5.41) is 8.62. The zero-order chi connectivity index (χ0) is 11.5. The van der Waals surface area contributed by atoms with E-state index in [-0.39, 0.29) is 12.2 Å². The van der Waals surface area contributed by atoms with Gasteiger partial charge in [-0.2, -0.15) is 0 Å². The first-order chi connectivity index (χ1) is 7.68. The van der Waals surface area contributed by atoms with Crippen LogP contribution in [0.15, 0.2) is 18.2 Å². The number of carbonyl (C=O) groups excluding carboxylic acids is 1. The summed E-state index contributed by atoms with van der Waals surface area (Å²) in [6, 6.07) is 5.30. The molecule has 1 heterocycles. The summed E-state index contributed by atoms with van der Waals surface area (Å²) >= 11 is 0. The van der Waals surface area contributed by atoms with Crippen LogP contribution in [0.2, 0.25) is 0 Å². The van der Waals surface area contributed by atoms with Crippen LogP contribution >= 0.6 is 0 Å². The third kappa shape index (κ3) is 2.05. The number of para-hydroxylation sites is 1. The number of fused-ring (bicyclic) bond motifs is 1. The maximum atomic E-state index is 11.6. The van der Waals surface area contributed by atoms with Gasteiger partial charge in [0.25, 0.3) is 0 Å². The van der Waals surface area contributed by atoms with Crippen LogP contribution in [0.25, 0.3) is 0 Å². The van der Waals surface area contributed by atoms with Crippen molar-refractivity contribution in [3.05, 3.63) is 29.3 Å².